The van der Waals surface area contributed by atoms with Crippen LogP contribution in [0.3, 0.4) is 0 Å². The standard InChI is InChI=1S/C28H31N3O6S/c1-28(2,31-15-17-36-18-16-31)27(35)21-9-13-23(14-10-21)38-22-11-7-20(8-12-22)24(30-37-26(34)19-29)5-3-4-6-25(32)33/h7-14H,3-6,15-18H2,1-2H3,(H,32,33)/b30-24+. The number of ether oxygens (including phenoxy) is 1. The van der Waals surface area contributed by atoms with Crippen LogP contribution in [0.15, 0.2) is 63.5 Å². The van der Waals surface area contributed by atoms with E-state index in [9.17, 15) is 14.4 Å². The Bertz CT molecular complexity index is 1200. The van der Waals surface area contributed by atoms with Crippen molar-refractivity contribution in [2.24, 2.45) is 5.16 Å². The van der Waals surface area contributed by atoms with Gasteiger partial charge >= 0.3 is 11.9 Å². The van der Waals surface area contributed by atoms with Crippen molar-refractivity contribution in [3.63, 3.8) is 0 Å². The number of Topliss-reactive ketones (excluding diaryl/α,β-unsaturated/α-hetero) is 1. The average Bonchev–Trinajstić information content (AvgIpc) is 2.93. The van der Waals surface area contributed by atoms with Crippen molar-refractivity contribution in [2.75, 3.05) is 26.3 Å². The van der Waals surface area contributed by atoms with Crippen LogP contribution in [0.4, 0.5) is 0 Å². The number of nitriles is 1. The number of carbonyl (C=O) groups is 3. The van der Waals surface area contributed by atoms with Crippen LogP contribution >= 0.6 is 11.8 Å². The van der Waals surface area contributed by atoms with Crippen LogP contribution in [-0.2, 0) is 19.2 Å². The van der Waals surface area contributed by atoms with E-state index >= 15 is 0 Å². The molecule has 2 aromatic rings. The molecule has 1 N–H and O–H groups in total. The maximum absolute atomic E-state index is 13.2. The summed E-state index contributed by atoms with van der Waals surface area (Å²) in [6.45, 7) is 6.64. The monoisotopic (exact) mass is 537 g/mol. The molecule has 0 amide bonds. The van der Waals surface area contributed by atoms with Crippen LogP contribution in [0.5, 0.6) is 0 Å². The zero-order valence-electron chi connectivity index (χ0n) is 21.5. The molecule has 1 fully saturated rings. The van der Waals surface area contributed by atoms with Gasteiger partial charge in [0.05, 0.1) is 24.5 Å². The van der Waals surface area contributed by atoms with E-state index < -0.39 is 17.5 Å². The number of unbranched alkanes of at least 4 members (excludes halogenated alkanes) is 1. The van der Waals surface area contributed by atoms with Gasteiger partial charge in [-0.2, -0.15) is 5.26 Å². The predicted molar refractivity (Wildman–Crippen MR) is 142 cm³/mol. The molecule has 10 heteroatoms. The van der Waals surface area contributed by atoms with E-state index in [-0.39, 0.29) is 12.2 Å². The number of rotatable bonds is 12. The van der Waals surface area contributed by atoms with Crippen molar-refractivity contribution >= 4 is 35.2 Å². The molecular weight excluding hydrogens is 506 g/mol. The third kappa shape index (κ3) is 8.25. The van der Waals surface area contributed by atoms with Crippen LogP contribution < -0.4 is 0 Å². The van der Waals surface area contributed by atoms with Gasteiger partial charge in [0.1, 0.15) is 0 Å². The maximum atomic E-state index is 13.2. The van der Waals surface area contributed by atoms with Crippen LogP contribution in [0.1, 0.15) is 55.5 Å². The average molecular weight is 538 g/mol. The normalized spacial score (nSPS) is 14.5. The Kier molecular flexibility index (Phi) is 10.6. The number of carboxylic acids is 1. The summed E-state index contributed by atoms with van der Waals surface area (Å²) in [7, 11) is 0. The number of benzene rings is 2. The lowest BCUT2D eigenvalue weighted by Crippen LogP contribution is -2.54. The molecule has 3 rings (SSSR count). The first kappa shape index (κ1) is 29.0. The Morgan fingerprint density at radius 2 is 1.55 bits per heavy atom. The van der Waals surface area contributed by atoms with Gasteiger partial charge in [-0.3, -0.25) is 14.5 Å². The fraction of sp³-hybridized carbons (Fsp3) is 0.393. The van der Waals surface area contributed by atoms with Crippen molar-refractivity contribution in [1.29, 1.82) is 5.26 Å². The number of hydrogen-bond acceptors (Lipinski definition) is 9. The number of hydrogen-bond donors (Lipinski definition) is 1. The van der Waals surface area contributed by atoms with Crippen molar-refractivity contribution in [2.45, 2.75) is 54.9 Å². The third-order valence-corrected chi connectivity index (χ3v) is 7.30. The number of carbonyl (C=O) groups excluding carboxylic acids is 2. The van der Waals surface area contributed by atoms with E-state index in [0.717, 1.165) is 22.9 Å². The molecule has 1 heterocycles. The molecule has 0 unspecified atom stereocenters. The van der Waals surface area contributed by atoms with Crippen molar-refractivity contribution < 1.29 is 29.1 Å². The summed E-state index contributed by atoms with van der Waals surface area (Å²) in [4.78, 5) is 43.9. The second-order valence-electron chi connectivity index (χ2n) is 9.27. The lowest BCUT2D eigenvalue weighted by molar-refractivity contribution is -0.137. The number of aliphatic carboxylic acids is 1. The summed E-state index contributed by atoms with van der Waals surface area (Å²) in [6.07, 6.45) is 1.43. The van der Waals surface area contributed by atoms with Gasteiger partial charge in [-0.05, 0) is 62.9 Å². The quantitative estimate of drug-likeness (QED) is 0.103. The SMILES string of the molecule is CC(C)(C(=O)c1ccc(Sc2ccc(/C(CCCCC(=O)O)=N/OC(=O)C#N)cc2)cc1)N1CCOCC1. The van der Waals surface area contributed by atoms with Gasteiger partial charge in [0.15, 0.2) is 11.9 Å². The van der Waals surface area contributed by atoms with Crippen molar-refractivity contribution in [3.05, 3.63) is 59.7 Å². The van der Waals surface area contributed by atoms with Crippen LogP contribution in [0.2, 0.25) is 0 Å². The van der Waals surface area contributed by atoms with Gasteiger partial charge in [0.25, 0.3) is 0 Å². The lowest BCUT2D eigenvalue weighted by atomic mass is 9.91. The largest absolute Gasteiger partial charge is 0.481 e. The molecule has 38 heavy (non-hydrogen) atoms. The predicted octanol–water partition coefficient (Wildman–Crippen LogP) is 4.55. The number of ketones is 1. The molecular formula is C28H31N3O6S. The van der Waals surface area contributed by atoms with Crippen molar-refractivity contribution in [1.82, 2.24) is 4.90 Å². The Balaban J connectivity index is 1.65. The minimum Gasteiger partial charge on any atom is -0.481 e. The van der Waals surface area contributed by atoms with E-state index in [1.165, 1.54) is 17.8 Å². The molecule has 200 valence electrons. The number of oxime groups is 1. The maximum Gasteiger partial charge on any atom is 0.436 e. The summed E-state index contributed by atoms with van der Waals surface area (Å²) < 4.78 is 5.42. The molecule has 0 radical (unpaired) electrons. The Hall–Kier alpha value is -3.52. The van der Waals surface area contributed by atoms with Gasteiger partial charge in [-0.25, -0.2) is 4.79 Å². The van der Waals surface area contributed by atoms with Gasteiger partial charge in [0.2, 0.25) is 0 Å². The highest BCUT2D eigenvalue weighted by Crippen LogP contribution is 2.30. The minimum absolute atomic E-state index is 0.0376. The summed E-state index contributed by atoms with van der Waals surface area (Å²) in [5, 5.41) is 21.3. The summed E-state index contributed by atoms with van der Waals surface area (Å²) in [6, 6.07) is 16.4. The molecule has 2 aromatic carbocycles. The highest BCUT2D eigenvalue weighted by atomic mass is 32.2. The number of nitrogens with zero attached hydrogens (tertiary/aromatic N) is 3. The molecule has 0 aromatic heterocycles. The molecule has 0 atom stereocenters. The van der Waals surface area contributed by atoms with Crippen LogP contribution in [0.25, 0.3) is 0 Å². The second-order valence-corrected chi connectivity index (χ2v) is 10.4. The number of carboxylic acid groups (broad SMARTS) is 1. The Labute approximate surface area is 226 Å². The Morgan fingerprint density at radius 3 is 2.11 bits per heavy atom. The lowest BCUT2D eigenvalue weighted by Gasteiger charge is -2.39. The molecule has 0 aliphatic carbocycles. The molecule has 9 nitrogen and oxygen atoms in total. The van der Waals surface area contributed by atoms with Gasteiger partial charge < -0.3 is 14.7 Å². The second kappa shape index (κ2) is 13.9. The minimum atomic E-state index is -1.12. The fourth-order valence-electron chi connectivity index (χ4n) is 4.07. The first-order valence-corrected chi connectivity index (χ1v) is 13.2. The molecule has 0 spiro atoms. The highest BCUT2D eigenvalue weighted by Gasteiger charge is 2.35. The summed E-state index contributed by atoms with van der Waals surface area (Å²) >= 11 is 1.54. The topological polar surface area (TPSA) is 129 Å². The van der Waals surface area contributed by atoms with Gasteiger partial charge in [-0.15, -0.1) is 0 Å². The third-order valence-electron chi connectivity index (χ3n) is 6.28. The molecule has 1 aliphatic heterocycles. The van der Waals surface area contributed by atoms with Crippen LogP contribution in [-0.4, -0.2) is 65.3 Å². The molecule has 1 saturated heterocycles. The zero-order chi connectivity index (χ0) is 27.5. The number of morpholine rings is 1. The van der Waals surface area contributed by atoms with E-state index in [1.54, 1.807) is 0 Å². The zero-order valence-corrected chi connectivity index (χ0v) is 22.3. The first-order chi connectivity index (χ1) is 18.2. The molecule has 0 saturated carbocycles. The van der Waals surface area contributed by atoms with E-state index in [1.807, 2.05) is 62.4 Å². The van der Waals surface area contributed by atoms with E-state index in [2.05, 4.69) is 14.9 Å². The first-order valence-electron chi connectivity index (χ1n) is 12.4. The molecule has 0 bridgehead atoms. The summed E-state index contributed by atoms with van der Waals surface area (Å²) in [5.41, 5.74) is 1.22. The van der Waals surface area contributed by atoms with Crippen molar-refractivity contribution in [3.8, 4) is 6.07 Å². The smallest absolute Gasteiger partial charge is 0.436 e. The fourth-order valence-corrected chi connectivity index (χ4v) is 4.89. The van der Waals surface area contributed by atoms with Gasteiger partial charge in [-0.1, -0.05) is 41.2 Å². The van der Waals surface area contributed by atoms with E-state index in [4.69, 9.17) is 15.1 Å². The van der Waals surface area contributed by atoms with Crippen LogP contribution in [0, 0.1) is 11.3 Å². The highest BCUT2D eigenvalue weighted by molar-refractivity contribution is 7.99. The van der Waals surface area contributed by atoms with E-state index in [0.29, 0.717) is 49.3 Å². The Morgan fingerprint density at radius 1 is 1.00 bits per heavy atom. The molecule has 1 aliphatic rings. The van der Waals surface area contributed by atoms with Gasteiger partial charge in [0, 0.05) is 34.9 Å². The summed E-state index contributed by atoms with van der Waals surface area (Å²) in [5.74, 6) is -1.91.